The summed E-state index contributed by atoms with van der Waals surface area (Å²) in [6.07, 6.45) is 1.47. The number of anilines is 2. The van der Waals surface area contributed by atoms with Gasteiger partial charge in [-0.25, -0.2) is 22.0 Å². The number of nitrogens with one attached hydrogen (secondary N) is 2. The first kappa shape index (κ1) is 23.2. The minimum Gasteiger partial charge on any atom is -0.322 e. The molecule has 0 atom stereocenters. The van der Waals surface area contributed by atoms with Crippen LogP contribution in [0.3, 0.4) is 0 Å². The Kier molecular flexibility index (Phi) is 6.78. The lowest BCUT2D eigenvalue weighted by molar-refractivity contribution is 0.102. The number of benzene rings is 3. The van der Waals surface area contributed by atoms with Gasteiger partial charge in [0.2, 0.25) is 10.0 Å². The third kappa shape index (κ3) is 6.27. The predicted octanol–water partition coefficient (Wildman–Crippen LogP) is 3.31. The van der Waals surface area contributed by atoms with Gasteiger partial charge in [-0.1, -0.05) is 36.4 Å². The molecule has 0 heterocycles. The summed E-state index contributed by atoms with van der Waals surface area (Å²) < 4.78 is 50.2. The monoisotopic (exact) mass is 471 g/mol. The van der Waals surface area contributed by atoms with Gasteiger partial charge in [0.1, 0.15) is 0 Å². The zero-order valence-electron chi connectivity index (χ0n) is 17.0. The van der Waals surface area contributed by atoms with Gasteiger partial charge in [0, 0.05) is 16.9 Å². The van der Waals surface area contributed by atoms with E-state index in [-0.39, 0.29) is 21.8 Å². The number of sulfonamides is 2. The Bertz CT molecular complexity index is 1370. The Morgan fingerprint density at radius 3 is 2.12 bits per heavy atom. The molecule has 166 valence electrons. The van der Waals surface area contributed by atoms with Crippen LogP contribution in [-0.4, -0.2) is 22.7 Å². The maximum absolute atomic E-state index is 12.5. The number of carbonyl (C=O) groups is 1. The molecule has 0 saturated heterocycles. The van der Waals surface area contributed by atoms with E-state index in [2.05, 4.69) is 10.0 Å². The molecule has 0 spiro atoms. The lowest BCUT2D eigenvalue weighted by Gasteiger charge is -2.10. The zero-order valence-corrected chi connectivity index (χ0v) is 18.7. The van der Waals surface area contributed by atoms with Gasteiger partial charge < -0.3 is 5.32 Å². The van der Waals surface area contributed by atoms with Crippen molar-refractivity contribution in [3.63, 3.8) is 0 Å². The summed E-state index contributed by atoms with van der Waals surface area (Å²) in [5, 5.41) is 8.84. The highest BCUT2D eigenvalue weighted by atomic mass is 32.2. The molecule has 0 saturated carbocycles. The number of nitrogens with two attached hydrogens (primary N) is 1. The fourth-order valence-electron chi connectivity index (χ4n) is 2.81. The van der Waals surface area contributed by atoms with Gasteiger partial charge in [-0.05, 0) is 60.5 Å². The van der Waals surface area contributed by atoms with Gasteiger partial charge in [-0.3, -0.25) is 9.52 Å². The first-order valence-corrected chi connectivity index (χ1v) is 12.4. The van der Waals surface area contributed by atoms with Crippen LogP contribution in [0.2, 0.25) is 0 Å². The summed E-state index contributed by atoms with van der Waals surface area (Å²) in [5.41, 5.74) is 2.01. The van der Waals surface area contributed by atoms with Crippen LogP contribution in [0.4, 0.5) is 11.4 Å². The average molecular weight is 472 g/mol. The molecule has 0 aliphatic carbocycles. The summed E-state index contributed by atoms with van der Waals surface area (Å²) in [6, 6.07) is 19.2. The number of hydrogen-bond acceptors (Lipinski definition) is 5. The first-order chi connectivity index (χ1) is 15.0. The number of rotatable bonds is 7. The van der Waals surface area contributed by atoms with Crippen LogP contribution in [0.25, 0.3) is 6.08 Å². The summed E-state index contributed by atoms with van der Waals surface area (Å²) >= 11 is 0. The van der Waals surface area contributed by atoms with E-state index in [0.29, 0.717) is 5.56 Å². The van der Waals surface area contributed by atoms with Crippen LogP contribution in [0.15, 0.2) is 83.1 Å². The highest BCUT2D eigenvalue weighted by molar-refractivity contribution is 7.95. The molecule has 0 fully saturated rings. The van der Waals surface area contributed by atoms with Crippen molar-refractivity contribution in [1.82, 2.24) is 0 Å². The fourth-order valence-corrected chi connectivity index (χ4v) is 4.48. The second-order valence-corrected chi connectivity index (χ2v) is 10.0. The van der Waals surface area contributed by atoms with Crippen LogP contribution in [-0.2, 0) is 20.0 Å². The van der Waals surface area contributed by atoms with E-state index in [9.17, 15) is 21.6 Å². The Morgan fingerprint density at radius 2 is 1.50 bits per heavy atom. The molecule has 0 bridgehead atoms. The second kappa shape index (κ2) is 9.35. The standard InChI is InChI=1S/C22H21N3O5S2/c1-16-7-10-20(15-21(16)32(23,29)30)24-22(26)18-8-11-19(12-9-18)25-31(27,28)14-13-17-5-3-2-4-6-17/h2-15,25H,1H3,(H,24,26)(H2,23,29,30)/b14-13+. The molecule has 0 radical (unpaired) electrons. The van der Waals surface area contributed by atoms with Crippen LogP contribution in [0.1, 0.15) is 21.5 Å². The first-order valence-electron chi connectivity index (χ1n) is 9.34. The van der Waals surface area contributed by atoms with Crippen molar-refractivity contribution >= 4 is 43.4 Å². The van der Waals surface area contributed by atoms with Gasteiger partial charge >= 0.3 is 0 Å². The Hall–Kier alpha value is -3.47. The number of primary sulfonamides is 1. The van der Waals surface area contributed by atoms with Crippen LogP contribution < -0.4 is 15.2 Å². The van der Waals surface area contributed by atoms with E-state index in [1.807, 2.05) is 6.07 Å². The molecule has 0 aliphatic rings. The van der Waals surface area contributed by atoms with E-state index >= 15 is 0 Å². The smallest absolute Gasteiger partial charge is 0.255 e. The maximum Gasteiger partial charge on any atom is 0.255 e. The van der Waals surface area contributed by atoms with Crippen LogP contribution in [0, 0.1) is 6.92 Å². The van der Waals surface area contributed by atoms with Crippen molar-refractivity contribution in [3.05, 3.63) is 94.9 Å². The Labute approximate surface area is 186 Å². The van der Waals surface area contributed by atoms with Gasteiger partial charge in [0.05, 0.1) is 10.3 Å². The molecule has 4 N–H and O–H groups in total. The number of amides is 1. The molecular formula is C22H21N3O5S2. The predicted molar refractivity (Wildman–Crippen MR) is 125 cm³/mol. The van der Waals surface area contributed by atoms with Crippen molar-refractivity contribution < 1.29 is 21.6 Å². The Balaban J connectivity index is 1.69. The largest absolute Gasteiger partial charge is 0.322 e. The maximum atomic E-state index is 12.5. The van der Waals surface area contributed by atoms with Crippen LogP contribution >= 0.6 is 0 Å². The third-order valence-electron chi connectivity index (χ3n) is 4.40. The number of carbonyl (C=O) groups excluding carboxylic acids is 1. The molecule has 0 aromatic heterocycles. The molecule has 3 aromatic carbocycles. The molecule has 10 heteroatoms. The highest BCUT2D eigenvalue weighted by Gasteiger charge is 2.14. The fraction of sp³-hybridized carbons (Fsp3) is 0.0455. The van der Waals surface area contributed by atoms with E-state index in [1.54, 1.807) is 37.3 Å². The average Bonchev–Trinajstić information content (AvgIpc) is 2.74. The number of aryl methyl sites for hydroxylation is 1. The SMILES string of the molecule is Cc1ccc(NC(=O)c2ccc(NS(=O)(=O)/C=C/c3ccccc3)cc2)cc1S(N)(=O)=O. The summed E-state index contributed by atoms with van der Waals surface area (Å²) in [5.74, 6) is -0.493. The lowest BCUT2D eigenvalue weighted by atomic mass is 10.2. The van der Waals surface area contributed by atoms with Gasteiger partial charge in [0.25, 0.3) is 15.9 Å². The van der Waals surface area contributed by atoms with Gasteiger partial charge in [-0.15, -0.1) is 0 Å². The minimum absolute atomic E-state index is 0.0800. The van der Waals surface area contributed by atoms with Gasteiger partial charge in [-0.2, -0.15) is 0 Å². The highest BCUT2D eigenvalue weighted by Crippen LogP contribution is 2.20. The quantitative estimate of drug-likeness (QED) is 0.486. The lowest BCUT2D eigenvalue weighted by Crippen LogP contribution is -2.16. The van der Waals surface area contributed by atoms with Crippen molar-refractivity contribution in [2.75, 3.05) is 10.0 Å². The van der Waals surface area contributed by atoms with Crippen LogP contribution in [0.5, 0.6) is 0 Å². The van der Waals surface area contributed by atoms with E-state index in [0.717, 1.165) is 11.0 Å². The summed E-state index contributed by atoms with van der Waals surface area (Å²) in [4.78, 5) is 12.4. The molecule has 3 aromatic rings. The van der Waals surface area contributed by atoms with E-state index in [4.69, 9.17) is 5.14 Å². The molecular weight excluding hydrogens is 450 g/mol. The molecule has 1 amide bonds. The van der Waals surface area contributed by atoms with Crippen molar-refractivity contribution in [2.45, 2.75) is 11.8 Å². The molecule has 0 unspecified atom stereocenters. The Morgan fingerprint density at radius 1 is 0.875 bits per heavy atom. The minimum atomic E-state index is -3.92. The van der Waals surface area contributed by atoms with Crippen molar-refractivity contribution in [1.29, 1.82) is 0 Å². The molecule has 32 heavy (non-hydrogen) atoms. The molecule has 0 aliphatic heterocycles. The van der Waals surface area contributed by atoms with Gasteiger partial charge in [0.15, 0.2) is 0 Å². The topological polar surface area (TPSA) is 135 Å². The van der Waals surface area contributed by atoms with E-state index in [1.165, 1.54) is 42.5 Å². The molecule has 8 nitrogen and oxygen atoms in total. The second-order valence-electron chi connectivity index (χ2n) is 6.92. The summed E-state index contributed by atoms with van der Waals surface area (Å²) in [7, 11) is -7.66. The zero-order chi connectivity index (χ0) is 23.4. The number of hydrogen-bond donors (Lipinski definition) is 3. The third-order valence-corrected chi connectivity index (χ3v) is 6.47. The van der Waals surface area contributed by atoms with Crippen molar-refractivity contribution in [2.24, 2.45) is 5.14 Å². The summed E-state index contributed by atoms with van der Waals surface area (Å²) in [6.45, 7) is 1.60. The molecule has 3 rings (SSSR count). The normalized spacial score (nSPS) is 11.9. The van der Waals surface area contributed by atoms with Crippen molar-refractivity contribution in [3.8, 4) is 0 Å². The van der Waals surface area contributed by atoms with E-state index < -0.39 is 26.0 Å².